The van der Waals surface area contributed by atoms with Gasteiger partial charge in [0.05, 0.1) is 23.1 Å². The van der Waals surface area contributed by atoms with Gasteiger partial charge in [-0.3, -0.25) is 4.79 Å². The highest BCUT2D eigenvalue weighted by Gasteiger charge is 2.30. The molecule has 0 bridgehead atoms. The summed E-state index contributed by atoms with van der Waals surface area (Å²) in [5, 5.41) is 3.82. The number of halogens is 4. The summed E-state index contributed by atoms with van der Waals surface area (Å²) in [6.07, 6.45) is -3.17. The second-order valence-corrected chi connectivity index (χ2v) is 5.80. The van der Waals surface area contributed by atoms with Gasteiger partial charge in [-0.15, -0.1) is 0 Å². The molecular formula is C16H15ClF3N3O. The summed E-state index contributed by atoms with van der Waals surface area (Å²) in [6, 6.07) is 4.34. The van der Waals surface area contributed by atoms with Crippen molar-refractivity contribution >= 4 is 17.3 Å². The van der Waals surface area contributed by atoms with Gasteiger partial charge in [0.1, 0.15) is 5.02 Å². The van der Waals surface area contributed by atoms with Gasteiger partial charge in [0, 0.05) is 13.6 Å². The Balaban J connectivity index is 2.49. The zero-order valence-electron chi connectivity index (χ0n) is 13.1. The lowest BCUT2D eigenvalue weighted by atomic mass is 10.2. The summed E-state index contributed by atoms with van der Waals surface area (Å²) >= 11 is 6.09. The molecule has 0 saturated carbocycles. The summed E-state index contributed by atoms with van der Waals surface area (Å²) in [4.78, 5) is 14.1. The number of likely N-dealkylation sites (N-methyl/N-ethyl adjacent to an activating group) is 1. The van der Waals surface area contributed by atoms with Crippen molar-refractivity contribution in [1.82, 2.24) is 9.78 Å². The van der Waals surface area contributed by atoms with Gasteiger partial charge in [0.2, 0.25) is 0 Å². The third-order valence-electron chi connectivity index (χ3n) is 3.24. The Hall–Kier alpha value is -2.28. The topological polar surface area (TPSA) is 38.1 Å². The maximum absolute atomic E-state index is 12.8. The molecule has 2 rings (SSSR count). The lowest BCUT2D eigenvalue weighted by Gasteiger charge is -2.20. The minimum Gasteiger partial charge on any atom is -0.368 e. The van der Waals surface area contributed by atoms with E-state index in [1.807, 2.05) is 6.92 Å². The molecule has 0 spiro atoms. The van der Waals surface area contributed by atoms with Crippen LogP contribution in [0.25, 0.3) is 5.69 Å². The van der Waals surface area contributed by atoms with Crippen LogP contribution >= 0.6 is 11.6 Å². The van der Waals surface area contributed by atoms with E-state index in [0.717, 1.165) is 22.4 Å². The SMILES string of the molecule is C=C(C)CN(C)c1cnn(-c2cccc(C(F)(F)F)c2)c(=O)c1Cl. The zero-order chi connectivity index (χ0) is 18.1. The number of benzene rings is 1. The fourth-order valence-electron chi connectivity index (χ4n) is 2.18. The molecule has 1 aromatic carbocycles. The molecule has 0 atom stereocenters. The van der Waals surface area contributed by atoms with Crippen LogP contribution in [-0.4, -0.2) is 23.4 Å². The van der Waals surface area contributed by atoms with E-state index in [2.05, 4.69) is 11.7 Å². The third kappa shape index (κ3) is 3.79. The Morgan fingerprint density at radius 2 is 2.08 bits per heavy atom. The second-order valence-electron chi connectivity index (χ2n) is 5.42. The Labute approximate surface area is 141 Å². The first kappa shape index (κ1) is 18.1. The Kier molecular flexibility index (Phi) is 5.03. The number of hydrogen-bond donors (Lipinski definition) is 0. The summed E-state index contributed by atoms with van der Waals surface area (Å²) in [7, 11) is 1.71. The number of rotatable bonds is 4. The summed E-state index contributed by atoms with van der Waals surface area (Å²) in [5.74, 6) is 0. The van der Waals surface area contributed by atoms with Crippen molar-refractivity contribution in [2.75, 3.05) is 18.5 Å². The van der Waals surface area contributed by atoms with Crippen LogP contribution < -0.4 is 10.5 Å². The van der Waals surface area contributed by atoms with Crippen molar-refractivity contribution in [3.05, 3.63) is 63.6 Å². The monoisotopic (exact) mass is 357 g/mol. The first-order chi connectivity index (χ1) is 11.1. The molecule has 0 unspecified atom stereocenters. The van der Waals surface area contributed by atoms with Crippen molar-refractivity contribution in [3.63, 3.8) is 0 Å². The van der Waals surface area contributed by atoms with E-state index < -0.39 is 17.3 Å². The molecule has 24 heavy (non-hydrogen) atoms. The van der Waals surface area contributed by atoms with Crippen LogP contribution in [0, 0.1) is 0 Å². The molecule has 1 heterocycles. The lowest BCUT2D eigenvalue weighted by Crippen LogP contribution is -2.27. The van der Waals surface area contributed by atoms with Crippen LogP contribution in [0.15, 0.2) is 47.4 Å². The Morgan fingerprint density at radius 1 is 1.42 bits per heavy atom. The lowest BCUT2D eigenvalue weighted by molar-refractivity contribution is -0.137. The molecule has 0 amide bonds. The molecule has 0 aliphatic rings. The normalized spacial score (nSPS) is 11.4. The van der Waals surface area contributed by atoms with E-state index in [0.29, 0.717) is 12.2 Å². The molecular weight excluding hydrogens is 343 g/mol. The van der Waals surface area contributed by atoms with E-state index in [-0.39, 0.29) is 10.7 Å². The van der Waals surface area contributed by atoms with Gasteiger partial charge in [-0.25, -0.2) is 0 Å². The first-order valence-corrected chi connectivity index (χ1v) is 7.30. The van der Waals surface area contributed by atoms with Crippen molar-refractivity contribution in [2.45, 2.75) is 13.1 Å². The number of nitrogens with zero attached hydrogens (tertiary/aromatic N) is 3. The highest BCUT2D eigenvalue weighted by Crippen LogP contribution is 2.30. The second kappa shape index (κ2) is 6.68. The first-order valence-electron chi connectivity index (χ1n) is 6.92. The molecule has 0 saturated heterocycles. The van der Waals surface area contributed by atoms with Crippen LogP contribution in [0.4, 0.5) is 18.9 Å². The van der Waals surface area contributed by atoms with Gasteiger partial charge in [-0.2, -0.15) is 23.0 Å². The van der Waals surface area contributed by atoms with Gasteiger partial charge >= 0.3 is 6.18 Å². The van der Waals surface area contributed by atoms with E-state index in [4.69, 9.17) is 11.6 Å². The average Bonchev–Trinajstić information content (AvgIpc) is 2.48. The number of aromatic nitrogens is 2. The quantitative estimate of drug-likeness (QED) is 0.778. The van der Waals surface area contributed by atoms with Crippen LogP contribution in [0.2, 0.25) is 5.02 Å². The third-order valence-corrected chi connectivity index (χ3v) is 3.59. The van der Waals surface area contributed by atoms with Gasteiger partial charge in [-0.1, -0.05) is 29.8 Å². The van der Waals surface area contributed by atoms with E-state index in [9.17, 15) is 18.0 Å². The zero-order valence-corrected chi connectivity index (χ0v) is 13.8. The van der Waals surface area contributed by atoms with Crippen LogP contribution in [0.1, 0.15) is 12.5 Å². The Morgan fingerprint density at radius 3 is 2.67 bits per heavy atom. The smallest absolute Gasteiger partial charge is 0.368 e. The van der Waals surface area contributed by atoms with Crippen molar-refractivity contribution in [3.8, 4) is 5.69 Å². The van der Waals surface area contributed by atoms with Gasteiger partial charge in [0.25, 0.3) is 5.56 Å². The molecule has 0 N–H and O–H groups in total. The fraction of sp³-hybridized carbons (Fsp3) is 0.250. The van der Waals surface area contributed by atoms with Crippen LogP contribution in [-0.2, 0) is 6.18 Å². The summed E-state index contributed by atoms with van der Waals surface area (Å²) in [5.41, 5.74) is -0.329. The standard InChI is InChI=1S/C16H15ClF3N3O/c1-10(2)9-22(3)13-8-21-23(15(24)14(13)17)12-6-4-5-11(7-12)16(18,19)20/h4-8H,1,9H2,2-3H3. The maximum atomic E-state index is 12.8. The molecule has 8 heteroatoms. The molecule has 4 nitrogen and oxygen atoms in total. The summed E-state index contributed by atoms with van der Waals surface area (Å²) < 4.78 is 39.3. The average molecular weight is 358 g/mol. The number of anilines is 1. The minimum atomic E-state index is -4.51. The van der Waals surface area contributed by atoms with Gasteiger partial charge < -0.3 is 4.90 Å². The summed E-state index contributed by atoms with van der Waals surface area (Å²) in [6.45, 7) is 6.06. The van der Waals surface area contributed by atoms with E-state index in [1.165, 1.54) is 18.3 Å². The number of hydrogen-bond acceptors (Lipinski definition) is 3. The van der Waals surface area contributed by atoms with Crippen LogP contribution in [0.5, 0.6) is 0 Å². The predicted molar refractivity (Wildman–Crippen MR) is 87.9 cm³/mol. The highest BCUT2D eigenvalue weighted by atomic mass is 35.5. The van der Waals surface area contributed by atoms with Crippen LogP contribution in [0.3, 0.4) is 0 Å². The van der Waals surface area contributed by atoms with Crippen molar-refractivity contribution < 1.29 is 13.2 Å². The molecule has 128 valence electrons. The molecule has 0 radical (unpaired) electrons. The number of alkyl halides is 3. The van der Waals surface area contributed by atoms with E-state index in [1.54, 1.807) is 11.9 Å². The fourth-order valence-corrected chi connectivity index (χ4v) is 2.45. The Bertz CT molecular complexity index is 830. The molecule has 0 aliphatic carbocycles. The molecule has 2 aromatic rings. The maximum Gasteiger partial charge on any atom is 0.416 e. The largest absolute Gasteiger partial charge is 0.416 e. The van der Waals surface area contributed by atoms with Gasteiger partial charge in [-0.05, 0) is 25.1 Å². The highest BCUT2D eigenvalue weighted by molar-refractivity contribution is 6.33. The molecule has 0 fully saturated rings. The minimum absolute atomic E-state index is 0.00849. The van der Waals surface area contributed by atoms with E-state index >= 15 is 0 Å². The van der Waals surface area contributed by atoms with Crippen molar-refractivity contribution in [2.24, 2.45) is 0 Å². The van der Waals surface area contributed by atoms with Crippen molar-refractivity contribution in [1.29, 1.82) is 0 Å². The molecule has 1 aromatic heterocycles. The van der Waals surface area contributed by atoms with Gasteiger partial charge in [0.15, 0.2) is 0 Å². The molecule has 0 aliphatic heterocycles. The predicted octanol–water partition coefficient (Wildman–Crippen LogP) is 3.92.